The molecule has 0 saturated heterocycles. The van der Waals surface area contributed by atoms with Gasteiger partial charge in [-0.05, 0) is 93.1 Å². The van der Waals surface area contributed by atoms with E-state index >= 15 is 0 Å². The summed E-state index contributed by atoms with van der Waals surface area (Å²) >= 11 is 5.96. The Kier molecular flexibility index (Phi) is 6.62. The van der Waals surface area contributed by atoms with Gasteiger partial charge in [-0.3, -0.25) is 0 Å². The highest BCUT2D eigenvalue weighted by molar-refractivity contribution is 7.80. The average Bonchev–Trinajstić information content (AvgIpc) is 3.29. The van der Waals surface area contributed by atoms with Gasteiger partial charge >= 0.3 is 0 Å². The van der Waals surface area contributed by atoms with Crippen molar-refractivity contribution in [1.29, 1.82) is 0 Å². The molecule has 3 nitrogen and oxygen atoms in total. The monoisotopic (exact) mass is 421 g/mol. The van der Waals surface area contributed by atoms with Crippen molar-refractivity contribution in [2.75, 3.05) is 23.3 Å². The summed E-state index contributed by atoms with van der Waals surface area (Å²) in [7, 11) is 0. The normalized spacial score (nSPS) is 16.4. The number of hydrogen-bond acceptors (Lipinski definition) is 2. The van der Waals surface area contributed by atoms with E-state index in [4.69, 9.17) is 12.2 Å². The summed E-state index contributed by atoms with van der Waals surface area (Å²) in [4.78, 5) is 4.95. The van der Waals surface area contributed by atoms with Crippen LogP contribution in [0.15, 0.2) is 36.4 Å². The maximum absolute atomic E-state index is 5.96. The van der Waals surface area contributed by atoms with Crippen LogP contribution in [0.2, 0.25) is 0 Å². The molecule has 2 aromatic rings. The summed E-state index contributed by atoms with van der Waals surface area (Å²) < 4.78 is 0. The first kappa shape index (κ1) is 21.2. The molecule has 1 aliphatic heterocycles. The Morgan fingerprint density at radius 1 is 1.13 bits per heavy atom. The number of nitrogens with zero attached hydrogens (tertiary/aromatic N) is 2. The Hall–Kier alpha value is -2.07. The molecule has 4 heteroatoms. The molecule has 2 aromatic carbocycles. The van der Waals surface area contributed by atoms with Gasteiger partial charge in [-0.1, -0.05) is 37.1 Å². The number of rotatable bonds is 5. The van der Waals surface area contributed by atoms with Crippen LogP contribution in [0.25, 0.3) is 0 Å². The highest BCUT2D eigenvalue weighted by Gasteiger charge is 2.26. The van der Waals surface area contributed by atoms with Crippen molar-refractivity contribution in [3.63, 3.8) is 0 Å². The van der Waals surface area contributed by atoms with Crippen molar-refractivity contribution in [2.45, 2.75) is 71.9 Å². The van der Waals surface area contributed by atoms with Crippen LogP contribution in [0.5, 0.6) is 0 Å². The third-order valence-corrected chi connectivity index (χ3v) is 7.30. The van der Waals surface area contributed by atoms with Crippen molar-refractivity contribution in [3.05, 3.63) is 58.7 Å². The van der Waals surface area contributed by atoms with E-state index in [1.807, 2.05) is 0 Å². The van der Waals surface area contributed by atoms with Crippen LogP contribution in [-0.2, 0) is 13.0 Å². The van der Waals surface area contributed by atoms with E-state index in [0.717, 1.165) is 23.9 Å². The molecular weight excluding hydrogens is 386 g/mol. The van der Waals surface area contributed by atoms with Crippen molar-refractivity contribution < 1.29 is 0 Å². The third-order valence-electron chi connectivity index (χ3n) is 6.97. The minimum absolute atomic E-state index is 0.540. The van der Waals surface area contributed by atoms with E-state index in [1.165, 1.54) is 73.0 Å². The summed E-state index contributed by atoms with van der Waals surface area (Å²) in [5.74, 6) is 0. The van der Waals surface area contributed by atoms with Gasteiger partial charge in [0.2, 0.25) is 0 Å². The van der Waals surface area contributed by atoms with E-state index in [2.05, 4.69) is 72.3 Å². The molecule has 0 aromatic heterocycles. The average molecular weight is 422 g/mol. The summed E-state index contributed by atoms with van der Waals surface area (Å²) in [5.41, 5.74) is 8.01. The second kappa shape index (κ2) is 9.38. The number of benzene rings is 2. The first-order valence-electron chi connectivity index (χ1n) is 11.6. The second-order valence-electron chi connectivity index (χ2n) is 8.89. The zero-order valence-corrected chi connectivity index (χ0v) is 19.5. The van der Waals surface area contributed by atoms with Crippen molar-refractivity contribution in [2.24, 2.45) is 0 Å². The molecule has 160 valence electrons. The number of aryl methyl sites for hydroxylation is 2. The van der Waals surface area contributed by atoms with Crippen LogP contribution < -0.4 is 10.2 Å². The molecule has 30 heavy (non-hydrogen) atoms. The lowest BCUT2D eigenvalue weighted by atomic mass is 9.98. The van der Waals surface area contributed by atoms with Gasteiger partial charge in [0.25, 0.3) is 0 Å². The van der Waals surface area contributed by atoms with E-state index < -0.39 is 0 Å². The predicted octanol–water partition coefficient (Wildman–Crippen LogP) is 6.22. The topological polar surface area (TPSA) is 18.5 Å². The zero-order valence-electron chi connectivity index (χ0n) is 18.7. The molecule has 2 aliphatic rings. The molecule has 0 bridgehead atoms. The van der Waals surface area contributed by atoms with Crippen LogP contribution in [0.3, 0.4) is 0 Å². The summed E-state index contributed by atoms with van der Waals surface area (Å²) in [5, 5.41) is 4.44. The first-order valence-corrected chi connectivity index (χ1v) is 12.0. The molecule has 1 N–H and O–H groups in total. The number of fused-ring (bicyclic) bond motifs is 1. The summed E-state index contributed by atoms with van der Waals surface area (Å²) in [6.45, 7) is 9.74. The quantitative estimate of drug-likeness (QED) is 0.578. The number of thiocarbonyl (C=S) groups is 1. The molecule has 0 unspecified atom stereocenters. The molecule has 1 aliphatic carbocycles. The minimum Gasteiger partial charge on any atom is -0.372 e. The fourth-order valence-electron chi connectivity index (χ4n) is 5.01. The Labute approximate surface area is 187 Å². The van der Waals surface area contributed by atoms with Gasteiger partial charge in [0, 0.05) is 37.1 Å². The van der Waals surface area contributed by atoms with Gasteiger partial charge in [-0.2, -0.15) is 0 Å². The van der Waals surface area contributed by atoms with Gasteiger partial charge in [0.15, 0.2) is 5.11 Å². The van der Waals surface area contributed by atoms with Crippen LogP contribution >= 0.6 is 12.2 Å². The number of hydrogen-bond donors (Lipinski definition) is 1. The zero-order chi connectivity index (χ0) is 21.1. The first-order chi connectivity index (χ1) is 14.6. The lowest BCUT2D eigenvalue weighted by molar-refractivity contribution is 0.312. The van der Waals surface area contributed by atoms with E-state index in [0.29, 0.717) is 6.04 Å². The standard InChI is InChI=1S/C26H35N3S/c1-4-28-16-8-10-22-17-21(14-15-25(22)28)18-29(23-11-5-6-12-23)26(30)27-24-13-7-9-19(2)20(24)3/h7,9,13-15,17,23H,4-6,8,10-12,16,18H2,1-3H3,(H,27,30). The molecule has 4 rings (SSSR count). The largest absolute Gasteiger partial charge is 0.372 e. The molecule has 0 amide bonds. The summed E-state index contributed by atoms with van der Waals surface area (Å²) in [6, 6.07) is 14.0. The second-order valence-corrected chi connectivity index (χ2v) is 9.28. The van der Waals surface area contributed by atoms with E-state index in [-0.39, 0.29) is 0 Å². The Bertz CT molecular complexity index is 901. The summed E-state index contributed by atoms with van der Waals surface area (Å²) in [6.07, 6.45) is 7.54. The molecule has 0 spiro atoms. The van der Waals surface area contributed by atoms with Crippen LogP contribution in [0.1, 0.15) is 61.3 Å². The van der Waals surface area contributed by atoms with Crippen LogP contribution in [-0.4, -0.2) is 29.1 Å². The molecular formula is C26H35N3S. The maximum Gasteiger partial charge on any atom is 0.173 e. The van der Waals surface area contributed by atoms with Crippen LogP contribution in [0.4, 0.5) is 11.4 Å². The maximum atomic E-state index is 5.96. The molecule has 1 heterocycles. The molecule has 0 atom stereocenters. The Morgan fingerprint density at radius 3 is 2.70 bits per heavy atom. The fourth-order valence-corrected chi connectivity index (χ4v) is 5.33. The lowest BCUT2D eigenvalue weighted by Crippen LogP contribution is -2.41. The van der Waals surface area contributed by atoms with Crippen molar-refractivity contribution in [1.82, 2.24) is 4.90 Å². The predicted molar refractivity (Wildman–Crippen MR) is 133 cm³/mol. The van der Waals surface area contributed by atoms with Gasteiger partial charge < -0.3 is 15.1 Å². The van der Waals surface area contributed by atoms with Crippen molar-refractivity contribution in [3.8, 4) is 0 Å². The Balaban J connectivity index is 1.56. The van der Waals surface area contributed by atoms with Crippen LogP contribution in [0, 0.1) is 13.8 Å². The van der Waals surface area contributed by atoms with E-state index in [9.17, 15) is 0 Å². The van der Waals surface area contributed by atoms with Gasteiger partial charge in [0.05, 0.1) is 0 Å². The van der Waals surface area contributed by atoms with Gasteiger partial charge in [-0.25, -0.2) is 0 Å². The third kappa shape index (κ3) is 4.49. The van der Waals surface area contributed by atoms with E-state index in [1.54, 1.807) is 0 Å². The molecule has 0 radical (unpaired) electrons. The highest BCUT2D eigenvalue weighted by atomic mass is 32.1. The highest BCUT2D eigenvalue weighted by Crippen LogP contribution is 2.30. The number of nitrogens with one attached hydrogen (secondary N) is 1. The number of anilines is 2. The van der Waals surface area contributed by atoms with Crippen molar-refractivity contribution >= 4 is 28.7 Å². The molecule has 1 fully saturated rings. The smallest absolute Gasteiger partial charge is 0.173 e. The molecule has 1 saturated carbocycles. The fraction of sp³-hybridized carbons (Fsp3) is 0.500. The van der Waals surface area contributed by atoms with Gasteiger partial charge in [-0.15, -0.1) is 0 Å². The lowest BCUT2D eigenvalue weighted by Gasteiger charge is -2.34. The van der Waals surface area contributed by atoms with Gasteiger partial charge in [0.1, 0.15) is 0 Å². The Morgan fingerprint density at radius 2 is 1.93 bits per heavy atom. The minimum atomic E-state index is 0.540. The SMILES string of the molecule is CCN1CCCc2cc(CN(C(=S)Nc3cccc(C)c3C)C3CCCC3)ccc21.